The summed E-state index contributed by atoms with van der Waals surface area (Å²) in [6.45, 7) is -0.312. The van der Waals surface area contributed by atoms with Crippen LogP contribution in [0, 0.1) is 0 Å². The number of carboxylic acid groups (broad SMARTS) is 1. The second-order valence-corrected chi connectivity index (χ2v) is 6.04. The molecule has 0 aliphatic heterocycles. The van der Waals surface area contributed by atoms with Gasteiger partial charge in [-0.1, -0.05) is 53.5 Å². The molecular weight excluding hydrogens is 379 g/mol. The van der Waals surface area contributed by atoms with E-state index in [1.165, 1.54) is 6.07 Å². The molecule has 1 amide bonds. The van der Waals surface area contributed by atoms with Crippen LogP contribution in [-0.2, 0) is 9.59 Å². The standard InChI is InChI=1S/C18H16Cl2N2O4/c19-13-6-8-16(14(20)10-13)26-11-17(23)22-21-15(7-9-18(24)25)12-4-2-1-3-5-12/h1-6,8,10H,7,9,11H2,(H,22,23)(H,24,25)/p-1. The fourth-order valence-corrected chi connectivity index (χ4v) is 2.48. The Morgan fingerprint density at radius 3 is 2.46 bits per heavy atom. The van der Waals surface area contributed by atoms with E-state index in [4.69, 9.17) is 27.9 Å². The third-order valence-electron chi connectivity index (χ3n) is 3.24. The van der Waals surface area contributed by atoms with Gasteiger partial charge in [-0.05, 0) is 36.6 Å². The molecule has 1 N–H and O–H groups in total. The Kier molecular flexibility index (Phi) is 7.44. The van der Waals surface area contributed by atoms with E-state index in [1.54, 1.807) is 36.4 Å². The largest absolute Gasteiger partial charge is 0.550 e. The molecule has 136 valence electrons. The van der Waals surface area contributed by atoms with E-state index in [-0.39, 0.29) is 24.5 Å². The van der Waals surface area contributed by atoms with Crippen LogP contribution in [0.3, 0.4) is 0 Å². The van der Waals surface area contributed by atoms with Crippen molar-refractivity contribution in [1.82, 2.24) is 5.43 Å². The van der Waals surface area contributed by atoms with Gasteiger partial charge in [0.2, 0.25) is 0 Å². The van der Waals surface area contributed by atoms with Crippen LogP contribution in [-0.4, -0.2) is 24.2 Å². The first-order valence-electron chi connectivity index (χ1n) is 7.64. The van der Waals surface area contributed by atoms with Crippen LogP contribution < -0.4 is 15.3 Å². The Morgan fingerprint density at radius 2 is 1.81 bits per heavy atom. The molecule has 0 fully saturated rings. The molecule has 2 aromatic carbocycles. The lowest BCUT2D eigenvalue weighted by molar-refractivity contribution is -0.305. The van der Waals surface area contributed by atoms with Gasteiger partial charge < -0.3 is 14.6 Å². The molecule has 0 atom stereocenters. The number of hydrogen-bond donors (Lipinski definition) is 1. The second-order valence-electron chi connectivity index (χ2n) is 5.19. The lowest BCUT2D eigenvalue weighted by atomic mass is 10.1. The number of carbonyl (C=O) groups excluding carboxylic acids is 2. The number of ether oxygens (including phenoxy) is 1. The Morgan fingerprint density at radius 1 is 1.08 bits per heavy atom. The maximum absolute atomic E-state index is 11.9. The highest BCUT2D eigenvalue weighted by molar-refractivity contribution is 6.35. The number of amides is 1. The number of carboxylic acids is 1. The molecule has 0 heterocycles. The van der Waals surface area contributed by atoms with E-state index >= 15 is 0 Å². The highest BCUT2D eigenvalue weighted by atomic mass is 35.5. The van der Waals surface area contributed by atoms with Crippen molar-refractivity contribution in [1.29, 1.82) is 0 Å². The van der Waals surface area contributed by atoms with Gasteiger partial charge >= 0.3 is 0 Å². The Hall–Kier alpha value is -2.57. The molecule has 2 rings (SSSR count). The number of aliphatic carboxylic acids is 1. The maximum Gasteiger partial charge on any atom is 0.277 e. The van der Waals surface area contributed by atoms with Gasteiger partial charge in [-0.25, -0.2) is 5.43 Å². The van der Waals surface area contributed by atoms with Gasteiger partial charge in [0.05, 0.1) is 10.7 Å². The molecule has 6 nitrogen and oxygen atoms in total. The predicted molar refractivity (Wildman–Crippen MR) is 97.3 cm³/mol. The molecule has 0 radical (unpaired) electrons. The van der Waals surface area contributed by atoms with Crippen LogP contribution >= 0.6 is 23.2 Å². The first kappa shape index (κ1) is 19.8. The molecule has 0 aromatic heterocycles. The number of benzene rings is 2. The Labute approximate surface area is 160 Å². The van der Waals surface area contributed by atoms with Crippen LogP contribution in [0.15, 0.2) is 53.6 Å². The summed E-state index contributed by atoms with van der Waals surface area (Å²) in [5, 5.41) is 15.4. The molecule has 0 bridgehead atoms. The molecular formula is C18H15Cl2N2O4-. The molecule has 0 aliphatic rings. The number of nitrogens with zero attached hydrogens (tertiary/aromatic N) is 1. The third kappa shape index (κ3) is 6.38. The number of nitrogens with one attached hydrogen (secondary N) is 1. The number of halogens is 2. The molecule has 0 saturated carbocycles. The van der Waals surface area contributed by atoms with Crippen molar-refractivity contribution in [3.05, 3.63) is 64.1 Å². The minimum absolute atomic E-state index is 0.122. The van der Waals surface area contributed by atoms with Gasteiger partial charge in [0.15, 0.2) is 6.61 Å². The van der Waals surface area contributed by atoms with Crippen LogP contribution in [0.2, 0.25) is 10.0 Å². The van der Waals surface area contributed by atoms with E-state index in [9.17, 15) is 14.7 Å². The number of rotatable bonds is 8. The summed E-state index contributed by atoms with van der Waals surface area (Å²) in [6, 6.07) is 13.6. The van der Waals surface area contributed by atoms with Crippen LogP contribution in [0.1, 0.15) is 18.4 Å². The normalized spacial score (nSPS) is 11.1. The molecule has 0 saturated heterocycles. The fourth-order valence-electron chi connectivity index (χ4n) is 2.01. The Bertz CT molecular complexity index is 810. The minimum Gasteiger partial charge on any atom is -0.550 e. The SMILES string of the molecule is O=C([O-])CCC(=NNC(=O)COc1ccc(Cl)cc1Cl)c1ccccc1. The molecule has 2 aromatic rings. The van der Waals surface area contributed by atoms with Gasteiger partial charge in [0.25, 0.3) is 5.91 Å². The van der Waals surface area contributed by atoms with Gasteiger partial charge in [0, 0.05) is 11.0 Å². The van der Waals surface area contributed by atoms with Crippen LogP contribution in [0.25, 0.3) is 0 Å². The first-order chi connectivity index (χ1) is 12.5. The molecule has 26 heavy (non-hydrogen) atoms. The topological polar surface area (TPSA) is 90.8 Å². The zero-order chi connectivity index (χ0) is 18.9. The van der Waals surface area contributed by atoms with Gasteiger partial charge in [-0.2, -0.15) is 5.10 Å². The van der Waals surface area contributed by atoms with Crippen molar-refractivity contribution in [2.24, 2.45) is 5.10 Å². The van der Waals surface area contributed by atoms with Crippen LogP contribution in [0.5, 0.6) is 5.75 Å². The summed E-state index contributed by atoms with van der Waals surface area (Å²) < 4.78 is 5.31. The fraction of sp³-hybridized carbons (Fsp3) is 0.167. The lowest BCUT2D eigenvalue weighted by Crippen LogP contribution is -2.27. The van der Waals surface area contributed by atoms with Crippen molar-refractivity contribution < 1.29 is 19.4 Å². The highest BCUT2D eigenvalue weighted by Gasteiger charge is 2.08. The monoisotopic (exact) mass is 393 g/mol. The van der Waals surface area contributed by atoms with E-state index in [2.05, 4.69) is 10.5 Å². The molecule has 0 aliphatic carbocycles. The predicted octanol–water partition coefficient (Wildman–Crippen LogP) is 2.42. The van der Waals surface area contributed by atoms with E-state index in [0.29, 0.717) is 22.0 Å². The van der Waals surface area contributed by atoms with E-state index in [0.717, 1.165) is 0 Å². The van der Waals surface area contributed by atoms with Gasteiger partial charge in [0.1, 0.15) is 5.75 Å². The second kappa shape index (κ2) is 9.79. The third-order valence-corrected chi connectivity index (χ3v) is 3.77. The van der Waals surface area contributed by atoms with Gasteiger partial charge in [-0.3, -0.25) is 4.79 Å². The number of hydrazone groups is 1. The minimum atomic E-state index is -1.19. The smallest absolute Gasteiger partial charge is 0.277 e. The van der Waals surface area contributed by atoms with Crippen molar-refractivity contribution in [2.75, 3.05) is 6.61 Å². The average molecular weight is 394 g/mol. The maximum atomic E-state index is 11.9. The van der Waals surface area contributed by atoms with Gasteiger partial charge in [-0.15, -0.1) is 0 Å². The summed E-state index contributed by atoms with van der Waals surface area (Å²) in [5.41, 5.74) is 3.48. The van der Waals surface area contributed by atoms with Crippen molar-refractivity contribution in [2.45, 2.75) is 12.8 Å². The first-order valence-corrected chi connectivity index (χ1v) is 8.40. The average Bonchev–Trinajstić information content (AvgIpc) is 2.61. The van der Waals surface area contributed by atoms with E-state index in [1.807, 2.05) is 6.07 Å². The molecule has 8 heteroatoms. The van der Waals surface area contributed by atoms with E-state index < -0.39 is 11.9 Å². The number of carbonyl (C=O) groups is 2. The molecule has 0 unspecified atom stereocenters. The zero-order valence-corrected chi connectivity index (χ0v) is 15.1. The zero-order valence-electron chi connectivity index (χ0n) is 13.6. The summed E-state index contributed by atoms with van der Waals surface area (Å²) in [5.74, 6) is -1.39. The lowest BCUT2D eigenvalue weighted by Gasteiger charge is -2.09. The summed E-state index contributed by atoms with van der Waals surface area (Å²) in [6.07, 6.45) is -0.0863. The van der Waals surface area contributed by atoms with Crippen molar-refractivity contribution in [3.8, 4) is 5.75 Å². The Balaban J connectivity index is 1.98. The summed E-state index contributed by atoms with van der Waals surface area (Å²) >= 11 is 11.8. The van der Waals surface area contributed by atoms with Crippen molar-refractivity contribution >= 4 is 40.8 Å². The highest BCUT2D eigenvalue weighted by Crippen LogP contribution is 2.27. The van der Waals surface area contributed by atoms with Crippen molar-refractivity contribution in [3.63, 3.8) is 0 Å². The quantitative estimate of drug-likeness (QED) is 0.550. The summed E-state index contributed by atoms with van der Waals surface area (Å²) in [7, 11) is 0. The van der Waals surface area contributed by atoms with Crippen LogP contribution in [0.4, 0.5) is 0 Å². The summed E-state index contributed by atoms with van der Waals surface area (Å²) in [4.78, 5) is 22.6. The molecule has 0 spiro atoms. The number of hydrogen-bond acceptors (Lipinski definition) is 5.